The summed E-state index contributed by atoms with van der Waals surface area (Å²) >= 11 is 8.31. The van der Waals surface area contributed by atoms with Crippen LogP contribution < -0.4 is 16.4 Å². The number of benzene rings is 1. The van der Waals surface area contributed by atoms with Crippen molar-refractivity contribution in [1.82, 2.24) is 19.9 Å². The van der Waals surface area contributed by atoms with Crippen LogP contribution in [0.2, 0.25) is 5.02 Å². The first kappa shape index (κ1) is 25.5. The number of halogens is 1. The maximum atomic E-state index is 6.76. The zero-order chi connectivity index (χ0) is 26.4. The molecule has 0 amide bonds. The van der Waals surface area contributed by atoms with E-state index in [9.17, 15) is 0 Å². The van der Waals surface area contributed by atoms with E-state index < -0.39 is 0 Å². The second-order valence-electron chi connectivity index (χ2n) is 10.7. The molecule has 1 saturated carbocycles. The van der Waals surface area contributed by atoms with Crippen molar-refractivity contribution in [3.8, 4) is 0 Å². The molecule has 1 atom stereocenters. The number of nitrogen functional groups attached to an aromatic ring is 1. The number of aromatic amines is 1. The zero-order valence-corrected chi connectivity index (χ0v) is 23.3. The van der Waals surface area contributed by atoms with E-state index in [1.165, 1.54) is 18.4 Å². The van der Waals surface area contributed by atoms with Gasteiger partial charge in [0.25, 0.3) is 0 Å². The lowest BCUT2D eigenvalue weighted by atomic mass is 9.83. The van der Waals surface area contributed by atoms with Gasteiger partial charge in [-0.05, 0) is 92.3 Å². The highest BCUT2D eigenvalue weighted by molar-refractivity contribution is 7.99. The van der Waals surface area contributed by atoms with E-state index >= 15 is 0 Å². The Bertz CT molecular complexity index is 1520. The van der Waals surface area contributed by atoms with Crippen molar-refractivity contribution in [3.63, 3.8) is 0 Å². The number of nitrogens with zero attached hydrogens (tertiary/aromatic N) is 4. The smallest absolute Gasteiger partial charge is 0.196 e. The molecule has 4 aromatic rings. The Morgan fingerprint density at radius 1 is 1.16 bits per heavy atom. The summed E-state index contributed by atoms with van der Waals surface area (Å²) in [5.74, 6) is 2.09. The first-order chi connectivity index (χ1) is 18.4. The summed E-state index contributed by atoms with van der Waals surface area (Å²) in [6.45, 7) is 7.86. The van der Waals surface area contributed by atoms with Crippen molar-refractivity contribution in [2.75, 3.05) is 23.7 Å². The van der Waals surface area contributed by atoms with Crippen LogP contribution in [-0.4, -0.2) is 39.1 Å². The van der Waals surface area contributed by atoms with Crippen LogP contribution >= 0.6 is 23.4 Å². The lowest BCUT2D eigenvalue weighted by Crippen LogP contribution is -2.27. The fraction of sp³-hybridized carbons (Fsp3) is 0.414. The SMILES string of the molecule is C=C1CCC(Cc2cc3cc(Sc4nc(N5CCC(N)C5)c5c(Cl)c(CC)[nH]c5n4)ccc3c(N)n2)CC1. The Morgan fingerprint density at radius 3 is 2.71 bits per heavy atom. The van der Waals surface area contributed by atoms with Crippen molar-refractivity contribution in [2.24, 2.45) is 11.7 Å². The van der Waals surface area contributed by atoms with Gasteiger partial charge in [0.2, 0.25) is 0 Å². The molecule has 1 saturated heterocycles. The fourth-order valence-electron chi connectivity index (χ4n) is 5.75. The summed E-state index contributed by atoms with van der Waals surface area (Å²) < 4.78 is 0. The Balaban J connectivity index is 1.32. The van der Waals surface area contributed by atoms with Crippen molar-refractivity contribution in [2.45, 2.75) is 68.0 Å². The molecule has 1 aliphatic carbocycles. The first-order valence-corrected chi connectivity index (χ1v) is 14.7. The number of nitrogens with one attached hydrogen (secondary N) is 1. The second-order valence-corrected chi connectivity index (χ2v) is 12.1. The van der Waals surface area contributed by atoms with Gasteiger partial charge in [0.1, 0.15) is 17.3 Å². The summed E-state index contributed by atoms with van der Waals surface area (Å²) in [6, 6.07) is 8.62. The molecule has 5 N–H and O–H groups in total. The number of fused-ring (bicyclic) bond motifs is 2. The number of hydrogen-bond acceptors (Lipinski definition) is 7. The molecular formula is C29H34ClN7S. The monoisotopic (exact) mass is 547 g/mol. The number of allylic oxidation sites excluding steroid dienone is 1. The molecule has 38 heavy (non-hydrogen) atoms. The predicted octanol–water partition coefficient (Wildman–Crippen LogP) is 6.28. The van der Waals surface area contributed by atoms with E-state index in [1.54, 1.807) is 11.8 Å². The highest BCUT2D eigenvalue weighted by Crippen LogP contribution is 2.38. The number of pyridine rings is 1. The number of aromatic nitrogens is 4. The van der Waals surface area contributed by atoms with E-state index in [0.29, 0.717) is 21.9 Å². The molecule has 7 nitrogen and oxygen atoms in total. The Labute approximate surface area is 232 Å². The number of hydrogen-bond donors (Lipinski definition) is 3. The molecule has 0 bridgehead atoms. The largest absolute Gasteiger partial charge is 0.383 e. The van der Waals surface area contributed by atoms with Crippen LogP contribution in [0.15, 0.2) is 46.5 Å². The number of rotatable bonds is 6. The Morgan fingerprint density at radius 2 is 1.97 bits per heavy atom. The van der Waals surface area contributed by atoms with Gasteiger partial charge in [0.05, 0.1) is 10.4 Å². The number of nitrogens with two attached hydrogens (primary N) is 2. The Hall–Kier alpha value is -2.81. The van der Waals surface area contributed by atoms with Crippen LogP contribution in [-0.2, 0) is 12.8 Å². The molecular weight excluding hydrogens is 514 g/mol. The third-order valence-electron chi connectivity index (χ3n) is 7.91. The van der Waals surface area contributed by atoms with Gasteiger partial charge >= 0.3 is 0 Å². The van der Waals surface area contributed by atoms with Crippen LogP contribution in [0.5, 0.6) is 0 Å². The third-order valence-corrected chi connectivity index (χ3v) is 9.18. The number of H-pyrrole nitrogens is 1. The molecule has 6 rings (SSSR count). The fourth-order valence-corrected chi connectivity index (χ4v) is 6.90. The van der Waals surface area contributed by atoms with Crippen molar-refractivity contribution in [3.05, 3.63) is 52.8 Å². The Kier molecular flexibility index (Phi) is 6.97. The summed E-state index contributed by atoms with van der Waals surface area (Å²) in [4.78, 5) is 21.3. The lowest BCUT2D eigenvalue weighted by molar-refractivity contribution is 0.404. The average Bonchev–Trinajstić information content (AvgIpc) is 3.47. The normalized spacial score (nSPS) is 18.8. The van der Waals surface area contributed by atoms with E-state index in [1.807, 2.05) is 6.07 Å². The van der Waals surface area contributed by atoms with Gasteiger partial charge in [-0.2, -0.15) is 0 Å². The van der Waals surface area contributed by atoms with Gasteiger partial charge in [-0.3, -0.25) is 0 Å². The van der Waals surface area contributed by atoms with Gasteiger partial charge in [0, 0.05) is 40.8 Å². The highest BCUT2D eigenvalue weighted by Gasteiger charge is 2.26. The molecule has 1 aromatic carbocycles. The van der Waals surface area contributed by atoms with Crippen molar-refractivity contribution >= 4 is 56.8 Å². The maximum Gasteiger partial charge on any atom is 0.196 e. The molecule has 4 heterocycles. The predicted molar refractivity (Wildman–Crippen MR) is 158 cm³/mol. The zero-order valence-electron chi connectivity index (χ0n) is 21.8. The minimum Gasteiger partial charge on any atom is -0.383 e. The second kappa shape index (κ2) is 10.4. The third kappa shape index (κ3) is 4.97. The molecule has 2 aliphatic rings. The van der Waals surface area contributed by atoms with E-state index in [0.717, 1.165) is 89.1 Å². The van der Waals surface area contributed by atoms with Gasteiger partial charge in [0.15, 0.2) is 5.16 Å². The van der Waals surface area contributed by atoms with Crippen LogP contribution in [0.4, 0.5) is 11.6 Å². The van der Waals surface area contributed by atoms with Gasteiger partial charge in [-0.1, -0.05) is 30.7 Å². The number of anilines is 2. The van der Waals surface area contributed by atoms with Crippen LogP contribution in [0.25, 0.3) is 21.8 Å². The number of aryl methyl sites for hydroxylation is 1. The van der Waals surface area contributed by atoms with Gasteiger partial charge < -0.3 is 21.4 Å². The molecule has 3 aromatic heterocycles. The first-order valence-electron chi connectivity index (χ1n) is 13.5. The molecule has 1 unspecified atom stereocenters. The quantitative estimate of drug-likeness (QED) is 0.192. The summed E-state index contributed by atoms with van der Waals surface area (Å²) in [7, 11) is 0. The average molecular weight is 548 g/mol. The molecule has 0 radical (unpaired) electrons. The van der Waals surface area contributed by atoms with E-state index in [-0.39, 0.29) is 6.04 Å². The van der Waals surface area contributed by atoms with E-state index in [4.69, 9.17) is 38.0 Å². The van der Waals surface area contributed by atoms with Crippen molar-refractivity contribution < 1.29 is 0 Å². The maximum absolute atomic E-state index is 6.76. The van der Waals surface area contributed by atoms with Gasteiger partial charge in [-0.25, -0.2) is 15.0 Å². The van der Waals surface area contributed by atoms with Crippen molar-refractivity contribution in [1.29, 1.82) is 0 Å². The molecule has 1 aliphatic heterocycles. The van der Waals surface area contributed by atoms with Crippen LogP contribution in [0.1, 0.15) is 50.4 Å². The molecule has 9 heteroatoms. The van der Waals surface area contributed by atoms with Crippen LogP contribution in [0.3, 0.4) is 0 Å². The van der Waals surface area contributed by atoms with E-state index in [2.05, 4.69) is 41.6 Å². The summed E-state index contributed by atoms with van der Waals surface area (Å²) in [5.41, 5.74) is 16.8. The standard InChI is InChI=1S/C29H34ClN7S/c1-3-23-25(30)24-27(34-23)35-29(36-28(24)37-11-10-19(31)15-37)38-21-8-9-22-18(14-21)13-20(33-26(22)32)12-17-6-4-16(2)5-7-17/h8-9,13-14,17,19H,2-7,10-12,15,31H2,1H3,(H2,32,33)(H,34,35,36). The topological polar surface area (TPSA) is 110 Å². The van der Waals surface area contributed by atoms with Gasteiger partial charge in [-0.15, -0.1) is 0 Å². The van der Waals surface area contributed by atoms with Crippen LogP contribution in [0, 0.1) is 5.92 Å². The lowest BCUT2D eigenvalue weighted by Gasteiger charge is -2.23. The summed E-state index contributed by atoms with van der Waals surface area (Å²) in [6.07, 6.45) is 7.30. The highest BCUT2D eigenvalue weighted by atomic mass is 35.5. The molecule has 2 fully saturated rings. The molecule has 0 spiro atoms. The molecule has 198 valence electrons. The minimum absolute atomic E-state index is 0.140. The minimum atomic E-state index is 0.140. The summed E-state index contributed by atoms with van der Waals surface area (Å²) in [5, 5.41) is 4.34.